The van der Waals surface area contributed by atoms with Crippen molar-refractivity contribution in [3.63, 3.8) is 0 Å². The van der Waals surface area contributed by atoms with Crippen LogP contribution in [0.1, 0.15) is 12.8 Å². The zero-order chi connectivity index (χ0) is 17.4. The summed E-state index contributed by atoms with van der Waals surface area (Å²) in [7, 11) is 0. The van der Waals surface area contributed by atoms with Gasteiger partial charge in [-0.3, -0.25) is 0 Å². The predicted molar refractivity (Wildman–Crippen MR) is 94.8 cm³/mol. The van der Waals surface area contributed by atoms with Crippen molar-refractivity contribution in [2.24, 2.45) is 0 Å². The quantitative estimate of drug-likeness (QED) is 0.709. The fraction of sp³-hybridized carbons (Fsp3) is 0.222. The molecule has 3 aromatic rings. The van der Waals surface area contributed by atoms with E-state index >= 15 is 0 Å². The fourth-order valence-electron chi connectivity index (χ4n) is 2.88. The van der Waals surface area contributed by atoms with Crippen molar-refractivity contribution >= 4 is 33.3 Å². The summed E-state index contributed by atoms with van der Waals surface area (Å²) in [6, 6.07) is 9.13. The van der Waals surface area contributed by atoms with Crippen molar-refractivity contribution in [2.75, 3.05) is 18.4 Å². The standard InChI is InChI=1S/C18H15F2N3OS/c19-13-5-3-11(9-14(13)20)17-22-15-10-12(4-6-16(15)25-17)21-18(24)23-7-1-2-8-23/h3-6,9-10H,1-2,7-8H2,(H,21,24). The summed E-state index contributed by atoms with van der Waals surface area (Å²) in [6.07, 6.45) is 2.08. The van der Waals surface area contributed by atoms with Gasteiger partial charge in [0.2, 0.25) is 0 Å². The van der Waals surface area contributed by atoms with Crippen LogP contribution < -0.4 is 5.32 Å². The van der Waals surface area contributed by atoms with E-state index < -0.39 is 11.6 Å². The molecule has 1 aromatic heterocycles. The first-order valence-corrected chi connectivity index (χ1v) is 8.84. The second-order valence-electron chi connectivity index (χ2n) is 5.95. The second kappa shape index (κ2) is 6.40. The van der Waals surface area contributed by atoms with Crippen LogP contribution >= 0.6 is 11.3 Å². The van der Waals surface area contributed by atoms with E-state index in [1.807, 2.05) is 12.1 Å². The average molecular weight is 359 g/mol. The van der Waals surface area contributed by atoms with Crippen molar-refractivity contribution in [1.29, 1.82) is 0 Å². The summed E-state index contributed by atoms with van der Waals surface area (Å²) in [5, 5.41) is 3.49. The molecule has 2 amide bonds. The highest BCUT2D eigenvalue weighted by molar-refractivity contribution is 7.21. The SMILES string of the molecule is O=C(Nc1ccc2sc(-c3ccc(F)c(F)c3)nc2c1)N1CCCC1. The molecular weight excluding hydrogens is 344 g/mol. The van der Waals surface area contributed by atoms with Crippen molar-refractivity contribution in [2.45, 2.75) is 12.8 Å². The number of carbonyl (C=O) groups is 1. The maximum atomic E-state index is 13.4. The molecule has 128 valence electrons. The Morgan fingerprint density at radius 2 is 1.88 bits per heavy atom. The lowest BCUT2D eigenvalue weighted by Gasteiger charge is -2.16. The van der Waals surface area contributed by atoms with E-state index in [9.17, 15) is 13.6 Å². The first-order chi connectivity index (χ1) is 12.1. The van der Waals surface area contributed by atoms with E-state index in [4.69, 9.17) is 0 Å². The van der Waals surface area contributed by atoms with Crippen LogP contribution in [0, 0.1) is 11.6 Å². The molecule has 1 fully saturated rings. The molecule has 0 saturated carbocycles. The van der Waals surface area contributed by atoms with Gasteiger partial charge in [-0.25, -0.2) is 18.6 Å². The van der Waals surface area contributed by atoms with Crippen LogP contribution in [0.5, 0.6) is 0 Å². The fourth-order valence-corrected chi connectivity index (χ4v) is 3.82. The number of urea groups is 1. The Morgan fingerprint density at radius 3 is 2.64 bits per heavy atom. The van der Waals surface area contributed by atoms with Gasteiger partial charge in [-0.1, -0.05) is 0 Å². The molecule has 1 aliphatic rings. The Kier molecular flexibility index (Phi) is 4.09. The lowest BCUT2D eigenvalue weighted by atomic mass is 10.2. The summed E-state index contributed by atoms with van der Waals surface area (Å²) in [4.78, 5) is 18.4. The number of hydrogen-bond donors (Lipinski definition) is 1. The molecule has 4 nitrogen and oxygen atoms in total. The van der Waals surface area contributed by atoms with E-state index in [0.717, 1.165) is 42.8 Å². The number of thiazole rings is 1. The molecule has 0 atom stereocenters. The second-order valence-corrected chi connectivity index (χ2v) is 6.99. The van der Waals surface area contributed by atoms with E-state index in [2.05, 4.69) is 10.3 Å². The Bertz CT molecular complexity index is 951. The molecule has 1 N–H and O–H groups in total. The van der Waals surface area contributed by atoms with Gasteiger partial charge in [-0.2, -0.15) is 0 Å². The molecule has 0 unspecified atom stereocenters. The summed E-state index contributed by atoms with van der Waals surface area (Å²) < 4.78 is 27.4. The van der Waals surface area contributed by atoms with Crippen molar-refractivity contribution < 1.29 is 13.6 Å². The number of likely N-dealkylation sites (tertiary alicyclic amines) is 1. The highest BCUT2D eigenvalue weighted by Crippen LogP contribution is 2.32. The third-order valence-electron chi connectivity index (χ3n) is 4.20. The van der Waals surface area contributed by atoms with Crippen LogP contribution in [0.25, 0.3) is 20.8 Å². The third kappa shape index (κ3) is 3.19. The molecule has 0 bridgehead atoms. The number of aromatic nitrogens is 1. The Balaban J connectivity index is 1.60. The molecule has 2 heterocycles. The van der Waals surface area contributed by atoms with Crippen LogP contribution in [0.4, 0.5) is 19.3 Å². The van der Waals surface area contributed by atoms with Crippen LogP contribution in [-0.2, 0) is 0 Å². The minimum Gasteiger partial charge on any atom is -0.325 e. The van der Waals surface area contributed by atoms with Gasteiger partial charge in [-0.15, -0.1) is 11.3 Å². The normalized spacial score (nSPS) is 14.2. The maximum absolute atomic E-state index is 13.4. The Morgan fingerprint density at radius 1 is 1.08 bits per heavy atom. The number of rotatable bonds is 2. The number of hydrogen-bond acceptors (Lipinski definition) is 3. The van der Waals surface area contributed by atoms with Gasteiger partial charge in [-0.05, 0) is 49.2 Å². The maximum Gasteiger partial charge on any atom is 0.321 e. The smallest absolute Gasteiger partial charge is 0.321 e. The highest BCUT2D eigenvalue weighted by atomic mass is 32.1. The van der Waals surface area contributed by atoms with Gasteiger partial charge in [0.1, 0.15) is 5.01 Å². The van der Waals surface area contributed by atoms with E-state index in [1.54, 1.807) is 11.0 Å². The minimum absolute atomic E-state index is 0.104. The third-order valence-corrected chi connectivity index (χ3v) is 5.28. The first kappa shape index (κ1) is 16.0. The molecule has 0 spiro atoms. The van der Waals surface area contributed by atoms with E-state index in [1.165, 1.54) is 17.4 Å². The lowest BCUT2D eigenvalue weighted by Crippen LogP contribution is -2.32. The zero-order valence-electron chi connectivity index (χ0n) is 13.3. The zero-order valence-corrected chi connectivity index (χ0v) is 14.1. The van der Waals surface area contributed by atoms with Gasteiger partial charge >= 0.3 is 6.03 Å². The summed E-state index contributed by atoms with van der Waals surface area (Å²) in [5.74, 6) is -1.77. The summed E-state index contributed by atoms with van der Waals surface area (Å²) in [6.45, 7) is 1.57. The molecule has 0 radical (unpaired) electrons. The van der Waals surface area contributed by atoms with Crippen LogP contribution in [0.2, 0.25) is 0 Å². The number of nitrogens with one attached hydrogen (secondary N) is 1. The molecule has 4 rings (SSSR count). The predicted octanol–water partition coefficient (Wildman–Crippen LogP) is 4.87. The number of benzene rings is 2. The minimum atomic E-state index is -0.893. The van der Waals surface area contributed by atoms with Crippen LogP contribution in [0.15, 0.2) is 36.4 Å². The summed E-state index contributed by atoms with van der Waals surface area (Å²) >= 11 is 1.39. The lowest BCUT2D eigenvalue weighted by molar-refractivity contribution is 0.222. The molecule has 2 aromatic carbocycles. The number of anilines is 1. The van der Waals surface area contributed by atoms with Gasteiger partial charge in [0.05, 0.1) is 10.2 Å². The Hall–Kier alpha value is -2.54. The highest BCUT2D eigenvalue weighted by Gasteiger charge is 2.18. The topological polar surface area (TPSA) is 45.2 Å². The number of amides is 2. The van der Waals surface area contributed by atoms with Crippen LogP contribution in [-0.4, -0.2) is 29.0 Å². The summed E-state index contributed by atoms with van der Waals surface area (Å²) in [5.41, 5.74) is 1.92. The number of nitrogens with zero attached hydrogens (tertiary/aromatic N) is 2. The van der Waals surface area contributed by atoms with Crippen molar-refractivity contribution in [3.05, 3.63) is 48.0 Å². The monoisotopic (exact) mass is 359 g/mol. The first-order valence-electron chi connectivity index (χ1n) is 8.02. The molecule has 7 heteroatoms. The van der Waals surface area contributed by atoms with Gasteiger partial charge < -0.3 is 10.2 Å². The van der Waals surface area contributed by atoms with Gasteiger partial charge in [0.15, 0.2) is 11.6 Å². The number of halogens is 2. The average Bonchev–Trinajstić information content (AvgIpc) is 3.26. The van der Waals surface area contributed by atoms with E-state index in [-0.39, 0.29) is 6.03 Å². The van der Waals surface area contributed by atoms with Crippen molar-refractivity contribution in [1.82, 2.24) is 9.88 Å². The van der Waals surface area contributed by atoms with Crippen LogP contribution in [0.3, 0.4) is 0 Å². The number of carbonyl (C=O) groups excluding carboxylic acids is 1. The molecule has 0 aliphatic carbocycles. The van der Waals surface area contributed by atoms with E-state index in [0.29, 0.717) is 21.8 Å². The largest absolute Gasteiger partial charge is 0.325 e. The van der Waals surface area contributed by atoms with Gasteiger partial charge in [0.25, 0.3) is 0 Å². The molecule has 1 aliphatic heterocycles. The molecule has 1 saturated heterocycles. The van der Waals surface area contributed by atoms with Gasteiger partial charge in [0, 0.05) is 24.3 Å². The Labute approximate surface area is 147 Å². The molecule has 25 heavy (non-hydrogen) atoms. The molecular formula is C18H15F2N3OS. The van der Waals surface area contributed by atoms with Crippen molar-refractivity contribution in [3.8, 4) is 10.6 Å². The number of fused-ring (bicyclic) bond motifs is 1.